The van der Waals surface area contributed by atoms with Crippen LogP contribution in [0.5, 0.6) is 0 Å². The highest BCUT2D eigenvalue weighted by molar-refractivity contribution is 6.30. The molecule has 0 saturated heterocycles. The average Bonchev–Trinajstić information content (AvgIpc) is 2.81. The minimum absolute atomic E-state index is 0.0513. The molecule has 1 aromatic heterocycles. The molecule has 1 aromatic carbocycles. The number of nitrogens with one attached hydrogen (secondary N) is 1. The van der Waals surface area contributed by atoms with Crippen LogP contribution in [0.15, 0.2) is 36.5 Å². The van der Waals surface area contributed by atoms with Gasteiger partial charge in [0.1, 0.15) is 12.2 Å². The summed E-state index contributed by atoms with van der Waals surface area (Å²) in [5.74, 6) is -0.843. The van der Waals surface area contributed by atoms with Gasteiger partial charge in [0, 0.05) is 16.9 Å². The van der Waals surface area contributed by atoms with Gasteiger partial charge in [-0.2, -0.15) is 0 Å². The number of rotatable bonds is 4. The number of nitrogens with zero attached hydrogens (tertiary/aromatic N) is 1. The van der Waals surface area contributed by atoms with Gasteiger partial charge in [-0.05, 0) is 30.3 Å². The lowest BCUT2D eigenvalue weighted by Crippen LogP contribution is -2.21. The van der Waals surface area contributed by atoms with Gasteiger partial charge in [-0.3, -0.25) is 4.79 Å². The van der Waals surface area contributed by atoms with E-state index in [1.54, 1.807) is 24.3 Å². The molecule has 0 aliphatic rings. The SMILES string of the molecule is COC(=O)c1cc(N)cn1CC(=O)Nc1ccc(Cl)cc1. The number of ether oxygens (including phenoxy) is 1. The number of nitrogen functional groups attached to an aromatic ring is 1. The van der Waals surface area contributed by atoms with Crippen LogP contribution in [0.3, 0.4) is 0 Å². The number of methoxy groups -OCH3 is 1. The van der Waals surface area contributed by atoms with Crippen molar-refractivity contribution in [1.82, 2.24) is 4.57 Å². The van der Waals surface area contributed by atoms with Gasteiger partial charge in [-0.15, -0.1) is 0 Å². The summed E-state index contributed by atoms with van der Waals surface area (Å²) in [6.07, 6.45) is 1.51. The zero-order valence-corrected chi connectivity index (χ0v) is 12.1. The topological polar surface area (TPSA) is 86.3 Å². The number of nitrogens with two attached hydrogens (primary N) is 1. The molecule has 2 rings (SSSR count). The molecule has 6 nitrogen and oxygen atoms in total. The Morgan fingerprint density at radius 3 is 2.62 bits per heavy atom. The van der Waals surface area contributed by atoms with E-state index in [0.29, 0.717) is 16.4 Å². The summed E-state index contributed by atoms with van der Waals surface area (Å²) in [6, 6.07) is 8.17. The molecule has 3 N–H and O–H groups in total. The van der Waals surface area contributed by atoms with Gasteiger partial charge in [-0.25, -0.2) is 4.79 Å². The number of hydrogen-bond donors (Lipinski definition) is 2. The van der Waals surface area contributed by atoms with Crippen LogP contribution in [0.25, 0.3) is 0 Å². The molecular weight excluding hydrogens is 294 g/mol. The zero-order valence-electron chi connectivity index (χ0n) is 11.3. The Bertz CT molecular complexity index is 665. The normalized spacial score (nSPS) is 10.2. The molecule has 2 aromatic rings. The predicted molar refractivity (Wildman–Crippen MR) is 80.3 cm³/mol. The predicted octanol–water partition coefficient (Wildman–Crippen LogP) is 2.15. The smallest absolute Gasteiger partial charge is 0.354 e. The Kier molecular flexibility index (Phi) is 4.49. The lowest BCUT2D eigenvalue weighted by molar-refractivity contribution is -0.116. The van der Waals surface area contributed by atoms with Crippen molar-refractivity contribution < 1.29 is 14.3 Å². The van der Waals surface area contributed by atoms with E-state index in [4.69, 9.17) is 17.3 Å². The van der Waals surface area contributed by atoms with E-state index in [1.807, 2.05) is 0 Å². The molecule has 0 aliphatic heterocycles. The van der Waals surface area contributed by atoms with Gasteiger partial charge >= 0.3 is 5.97 Å². The highest BCUT2D eigenvalue weighted by Crippen LogP contribution is 2.15. The molecule has 0 atom stereocenters. The van der Waals surface area contributed by atoms with Crippen LogP contribution < -0.4 is 11.1 Å². The Labute approximate surface area is 126 Å². The van der Waals surface area contributed by atoms with Crippen molar-refractivity contribution >= 4 is 34.9 Å². The molecule has 110 valence electrons. The van der Waals surface area contributed by atoms with Gasteiger partial charge in [0.15, 0.2) is 0 Å². The minimum atomic E-state index is -0.550. The van der Waals surface area contributed by atoms with Gasteiger partial charge in [-0.1, -0.05) is 11.6 Å². The standard InChI is InChI=1S/C14H14ClN3O3/c1-21-14(20)12-6-10(16)7-18(12)8-13(19)17-11-4-2-9(15)3-5-11/h2-7H,8,16H2,1H3,(H,17,19). The van der Waals surface area contributed by atoms with Crippen molar-refractivity contribution in [2.45, 2.75) is 6.54 Å². The van der Waals surface area contributed by atoms with Gasteiger partial charge in [0.05, 0.1) is 12.8 Å². The molecule has 0 saturated carbocycles. The first-order valence-corrected chi connectivity index (χ1v) is 6.47. The van der Waals surface area contributed by atoms with E-state index in [0.717, 1.165) is 0 Å². The highest BCUT2D eigenvalue weighted by Gasteiger charge is 2.15. The molecule has 1 amide bonds. The number of amides is 1. The summed E-state index contributed by atoms with van der Waals surface area (Å²) in [7, 11) is 1.27. The monoisotopic (exact) mass is 307 g/mol. The van der Waals surface area contributed by atoms with Crippen molar-refractivity contribution in [1.29, 1.82) is 0 Å². The van der Waals surface area contributed by atoms with Crippen LogP contribution in [-0.4, -0.2) is 23.6 Å². The van der Waals surface area contributed by atoms with E-state index < -0.39 is 5.97 Å². The van der Waals surface area contributed by atoms with E-state index in [-0.39, 0.29) is 18.1 Å². The van der Waals surface area contributed by atoms with Crippen LogP contribution in [0, 0.1) is 0 Å². The number of carbonyl (C=O) groups excluding carboxylic acids is 2. The maximum atomic E-state index is 12.0. The molecule has 0 bridgehead atoms. The number of esters is 1. The number of hydrogen-bond acceptors (Lipinski definition) is 4. The first-order chi connectivity index (χ1) is 9.99. The first-order valence-electron chi connectivity index (χ1n) is 6.09. The second-order valence-corrected chi connectivity index (χ2v) is 4.77. The van der Waals surface area contributed by atoms with Crippen LogP contribution in [0.2, 0.25) is 5.02 Å². The fraction of sp³-hybridized carbons (Fsp3) is 0.143. The fourth-order valence-electron chi connectivity index (χ4n) is 1.83. The lowest BCUT2D eigenvalue weighted by atomic mass is 10.3. The van der Waals surface area contributed by atoms with Crippen molar-refractivity contribution in [2.24, 2.45) is 0 Å². The van der Waals surface area contributed by atoms with E-state index in [9.17, 15) is 9.59 Å². The molecule has 0 fully saturated rings. The number of carbonyl (C=O) groups is 2. The Morgan fingerprint density at radius 2 is 2.00 bits per heavy atom. The molecule has 7 heteroatoms. The summed E-state index contributed by atoms with van der Waals surface area (Å²) in [4.78, 5) is 23.6. The van der Waals surface area contributed by atoms with Crippen molar-refractivity contribution in [3.8, 4) is 0 Å². The third-order valence-electron chi connectivity index (χ3n) is 2.75. The summed E-state index contributed by atoms with van der Waals surface area (Å²) >= 11 is 5.77. The minimum Gasteiger partial charge on any atom is -0.464 e. The van der Waals surface area contributed by atoms with E-state index >= 15 is 0 Å². The second kappa shape index (κ2) is 6.32. The fourth-order valence-corrected chi connectivity index (χ4v) is 1.95. The van der Waals surface area contributed by atoms with E-state index in [2.05, 4.69) is 10.1 Å². The number of anilines is 2. The number of halogens is 1. The van der Waals surface area contributed by atoms with Crippen LogP contribution in [-0.2, 0) is 16.1 Å². The molecule has 0 unspecified atom stereocenters. The van der Waals surface area contributed by atoms with Crippen molar-refractivity contribution in [3.05, 3.63) is 47.2 Å². The molecule has 21 heavy (non-hydrogen) atoms. The first kappa shape index (κ1) is 14.9. The second-order valence-electron chi connectivity index (χ2n) is 4.33. The number of benzene rings is 1. The summed E-state index contributed by atoms with van der Waals surface area (Å²) in [5, 5.41) is 3.28. The van der Waals surface area contributed by atoms with E-state index in [1.165, 1.54) is 23.9 Å². The summed E-state index contributed by atoms with van der Waals surface area (Å²) < 4.78 is 6.08. The highest BCUT2D eigenvalue weighted by atomic mass is 35.5. The van der Waals surface area contributed by atoms with Crippen molar-refractivity contribution in [2.75, 3.05) is 18.2 Å². The van der Waals surface area contributed by atoms with Crippen LogP contribution in [0.1, 0.15) is 10.5 Å². The summed E-state index contributed by atoms with van der Waals surface area (Å²) in [6.45, 7) is -0.0513. The molecule has 1 heterocycles. The van der Waals surface area contributed by atoms with Gasteiger partial charge < -0.3 is 20.4 Å². The third-order valence-corrected chi connectivity index (χ3v) is 3.01. The Balaban J connectivity index is 2.09. The maximum Gasteiger partial charge on any atom is 0.354 e. The van der Waals surface area contributed by atoms with Gasteiger partial charge in [0.25, 0.3) is 0 Å². The van der Waals surface area contributed by atoms with Gasteiger partial charge in [0.2, 0.25) is 5.91 Å². The number of aromatic nitrogens is 1. The van der Waals surface area contributed by atoms with Crippen LogP contribution in [0.4, 0.5) is 11.4 Å². The van der Waals surface area contributed by atoms with Crippen molar-refractivity contribution in [3.63, 3.8) is 0 Å². The average molecular weight is 308 g/mol. The molecule has 0 spiro atoms. The third kappa shape index (κ3) is 3.76. The maximum absolute atomic E-state index is 12.0. The lowest BCUT2D eigenvalue weighted by Gasteiger charge is -2.08. The molecular formula is C14H14ClN3O3. The summed E-state index contributed by atoms with van der Waals surface area (Å²) in [5.41, 5.74) is 6.86. The molecule has 0 aliphatic carbocycles. The van der Waals surface area contributed by atoms with Crippen LogP contribution >= 0.6 is 11.6 Å². The Morgan fingerprint density at radius 1 is 1.33 bits per heavy atom. The Hall–Kier alpha value is -2.47. The zero-order chi connectivity index (χ0) is 15.4. The largest absolute Gasteiger partial charge is 0.464 e. The quantitative estimate of drug-likeness (QED) is 0.847. The molecule has 0 radical (unpaired) electrons.